The maximum absolute atomic E-state index is 5.94. The van der Waals surface area contributed by atoms with Crippen molar-refractivity contribution in [1.82, 2.24) is 15.3 Å². The van der Waals surface area contributed by atoms with Crippen LogP contribution in [0.15, 0.2) is 12.5 Å². The molecule has 4 nitrogen and oxygen atoms in total. The number of nitrogens with zero attached hydrogens (tertiary/aromatic N) is 2. The molecule has 1 spiro atoms. The summed E-state index contributed by atoms with van der Waals surface area (Å²) in [5.41, 5.74) is 1.18. The Balaban J connectivity index is 1.89. The van der Waals surface area contributed by atoms with Gasteiger partial charge in [-0.25, -0.2) is 9.97 Å². The van der Waals surface area contributed by atoms with E-state index in [0.29, 0.717) is 0 Å². The summed E-state index contributed by atoms with van der Waals surface area (Å²) in [6.45, 7) is 2.09. The standard InChI is InChI=1S/C10H13N3O/c1-3-11-4-2-10(1)5-8-6-12-7-13-9(8)14-10/h6-7,11H,1-5H2. The van der Waals surface area contributed by atoms with Crippen LogP contribution >= 0.6 is 0 Å². The Morgan fingerprint density at radius 2 is 2.21 bits per heavy atom. The first-order valence-corrected chi connectivity index (χ1v) is 5.07. The van der Waals surface area contributed by atoms with Crippen LogP contribution in [0, 0.1) is 0 Å². The summed E-state index contributed by atoms with van der Waals surface area (Å²) in [7, 11) is 0. The number of fused-ring (bicyclic) bond motifs is 1. The molecule has 14 heavy (non-hydrogen) atoms. The largest absolute Gasteiger partial charge is 0.470 e. The second-order valence-corrected chi connectivity index (χ2v) is 4.06. The van der Waals surface area contributed by atoms with Crippen molar-refractivity contribution in [2.24, 2.45) is 0 Å². The van der Waals surface area contributed by atoms with Crippen LogP contribution in [0.2, 0.25) is 0 Å². The van der Waals surface area contributed by atoms with Gasteiger partial charge in [0.1, 0.15) is 11.9 Å². The number of hydrogen-bond acceptors (Lipinski definition) is 4. The Morgan fingerprint density at radius 3 is 3.00 bits per heavy atom. The summed E-state index contributed by atoms with van der Waals surface area (Å²) in [6, 6.07) is 0. The molecule has 74 valence electrons. The molecule has 3 rings (SSSR count). The van der Waals surface area contributed by atoms with Crippen LogP contribution < -0.4 is 10.1 Å². The quantitative estimate of drug-likeness (QED) is 0.650. The second-order valence-electron chi connectivity index (χ2n) is 4.06. The lowest BCUT2D eigenvalue weighted by Gasteiger charge is -2.32. The molecule has 0 atom stereocenters. The van der Waals surface area contributed by atoms with Gasteiger partial charge < -0.3 is 10.1 Å². The van der Waals surface area contributed by atoms with Gasteiger partial charge in [0.15, 0.2) is 0 Å². The van der Waals surface area contributed by atoms with Crippen LogP contribution in [-0.2, 0) is 6.42 Å². The Hall–Kier alpha value is -1.16. The minimum Gasteiger partial charge on any atom is -0.470 e. The monoisotopic (exact) mass is 191 g/mol. The second kappa shape index (κ2) is 2.92. The zero-order chi connectivity index (χ0) is 9.43. The van der Waals surface area contributed by atoms with Crippen molar-refractivity contribution in [2.45, 2.75) is 24.9 Å². The van der Waals surface area contributed by atoms with Crippen molar-refractivity contribution in [3.8, 4) is 5.88 Å². The molecule has 2 aliphatic heterocycles. The van der Waals surface area contributed by atoms with E-state index in [2.05, 4.69) is 15.3 Å². The van der Waals surface area contributed by atoms with Gasteiger partial charge >= 0.3 is 0 Å². The Morgan fingerprint density at radius 1 is 1.36 bits per heavy atom. The maximum Gasteiger partial charge on any atom is 0.220 e. The molecule has 2 aliphatic rings. The fourth-order valence-corrected chi connectivity index (χ4v) is 2.31. The van der Waals surface area contributed by atoms with Crippen LogP contribution in [0.3, 0.4) is 0 Å². The number of nitrogens with one attached hydrogen (secondary N) is 1. The highest BCUT2D eigenvalue weighted by atomic mass is 16.5. The molecule has 1 N–H and O–H groups in total. The molecule has 0 amide bonds. The lowest BCUT2D eigenvalue weighted by atomic mass is 9.88. The van der Waals surface area contributed by atoms with E-state index in [-0.39, 0.29) is 5.60 Å². The summed E-state index contributed by atoms with van der Waals surface area (Å²) in [5, 5.41) is 3.35. The van der Waals surface area contributed by atoms with Crippen molar-refractivity contribution in [1.29, 1.82) is 0 Å². The van der Waals surface area contributed by atoms with E-state index in [1.807, 2.05) is 6.20 Å². The molecule has 0 saturated carbocycles. The number of hydrogen-bond donors (Lipinski definition) is 1. The lowest BCUT2D eigenvalue weighted by Crippen LogP contribution is -2.45. The maximum atomic E-state index is 5.94. The van der Waals surface area contributed by atoms with Crippen LogP contribution in [0.1, 0.15) is 18.4 Å². The first-order chi connectivity index (χ1) is 6.88. The third kappa shape index (κ3) is 1.18. The third-order valence-electron chi connectivity index (χ3n) is 3.09. The fourth-order valence-electron chi connectivity index (χ4n) is 2.31. The molecule has 3 heterocycles. The number of aromatic nitrogens is 2. The van der Waals surface area contributed by atoms with Gasteiger partial charge in [-0.1, -0.05) is 0 Å². The number of piperidine rings is 1. The van der Waals surface area contributed by atoms with Gasteiger partial charge in [-0.05, 0) is 13.1 Å². The topological polar surface area (TPSA) is 47.0 Å². The highest BCUT2D eigenvalue weighted by Crippen LogP contribution is 2.37. The van der Waals surface area contributed by atoms with Crippen LogP contribution in [0.25, 0.3) is 0 Å². The zero-order valence-corrected chi connectivity index (χ0v) is 7.99. The van der Waals surface area contributed by atoms with E-state index < -0.39 is 0 Å². The normalized spacial score (nSPS) is 23.1. The van der Waals surface area contributed by atoms with Gasteiger partial charge in [-0.3, -0.25) is 0 Å². The molecule has 0 bridgehead atoms. The molecular weight excluding hydrogens is 178 g/mol. The average Bonchev–Trinajstić information content (AvgIpc) is 2.56. The molecule has 0 aromatic carbocycles. The molecular formula is C10H13N3O. The van der Waals surface area contributed by atoms with Crippen molar-refractivity contribution in [3.05, 3.63) is 18.1 Å². The van der Waals surface area contributed by atoms with Gasteiger partial charge in [-0.15, -0.1) is 0 Å². The van der Waals surface area contributed by atoms with Crippen molar-refractivity contribution >= 4 is 0 Å². The molecule has 0 aliphatic carbocycles. The Bertz CT molecular complexity index is 320. The number of rotatable bonds is 0. The van der Waals surface area contributed by atoms with Crippen LogP contribution in [0.4, 0.5) is 0 Å². The average molecular weight is 191 g/mol. The SMILES string of the molecule is c1ncc2c(n1)OC1(CCNCC1)C2. The summed E-state index contributed by atoms with van der Waals surface area (Å²) in [5.74, 6) is 0.793. The zero-order valence-electron chi connectivity index (χ0n) is 7.99. The van der Waals surface area contributed by atoms with E-state index in [1.165, 1.54) is 0 Å². The molecule has 1 aromatic heterocycles. The van der Waals surface area contributed by atoms with Gasteiger partial charge in [-0.2, -0.15) is 0 Å². The molecule has 1 fully saturated rings. The predicted molar refractivity (Wildman–Crippen MR) is 51.2 cm³/mol. The summed E-state index contributed by atoms with van der Waals surface area (Å²) >= 11 is 0. The van der Waals surface area contributed by atoms with E-state index in [0.717, 1.165) is 43.8 Å². The van der Waals surface area contributed by atoms with Crippen LogP contribution in [0.5, 0.6) is 5.88 Å². The lowest BCUT2D eigenvalue weighted by molar-refractivity contribution is 0.0562. The Labute approximate surface area is 82.7 Å². The molecule has 1 saturated heterocycles. The molecule has 0 unspecified atom stereocenters. The minimum absolute atomic E-state index is 0.0175. The van der Waals surface area contributed by atoms with Crippen LogP contribution in [-0.4, -0.2) is 28.7 Å². The van der Waals surface area contributed by atoms with Gasteiger partial charge in [0.25, 0.3) is 0 Å². The highest BCUT2D eigenvalue weighted by molar-refractivity contribution is 5.30. The summed E-state index contributed by atoms with van der Waals surface area (Å²) in [6.07, 6.45) is 6.55. The number of ether oxygens (including phenoxy) is 1. The smallest absolute Gasteiger partial charge is 0.220 e. The summed E-state index contributed by atoms with van der Waals surface area (Å²) in [4.78, 5) is 8.18. The first-order valence-electron chi connectivity index (χ1n) is 5.07. The predicted octanol–water partition coefficient (Wildman–Crippen LogP) is 0.534. The van der Waals surface area contributed by atoms with Gasteiger partial charge in [0, 0.05) is 31.0 Å². The fraction of sp³-hybridized carbons (Fsp3) is 0.600. The van der Waals surface area contributed by atoms with Crippen molar-refractivity contribution < 1.29 is 4.74 Å². The van der Waals surface area contributed by atoms with Gasteiger partial charge in [0.05, 0.1) is 0 Å². The van der Waals surface area contributed by atoms with Gasteiger partial charge in [0.2, 0.25) is 5.88 Å². The van der Waals surface area contributed by atoms with E-state index >= 15 is 0 Å². The third-order valence-corrected chi connectivity index (χ3v) is 3.09. The molecule has 1 aromatic rings. The van der Waals surface area contributed by atoms with E-state index in [4.69, 9.17) is 4.74 Å². The minimum atomic E-state index is 0.0175. The van der Waals surface area contributed by atoms with Crippen molar-refractivity contribution in [3.63, 3.8) is 0 Å². The molecule has 4 heteroatoms. The highest BCUT2D eigenvalue weighted by Gasteiger charge is 2.40. The first kappa shape index (κ1) is 8.17. The van der Waals surface area contributed by atoms with E-state index in [1.54, 1.807) is 6.33 Å². The van der Waals surface area contributed by atoms with Crippen molar-refractivity contribution in [2.75, 3.05) is 13.1 Å². The Kier molecular flexibility index (Phi) is 1.70. The summed E-state index contributed by atoms with van der Waals surface area (Å²) < 4.78 is 5.94. The molecule has 0 radical (unpaired) electrons. The van der Waals surface area contributed by atoms with E-state index in [9.17, 15) is 0 Å².